The molecule has 262 valence electrons. The van der Waals surface area contributed by atoms with E-state index in [9.17, 15) is 37.1 Å². The van der Waals surface area contributed by atoms with Crippen molar-refractivity contribution >= 4 is 53.5 Å². The van der Waals surface area contributed by atoms with Gasteiger partial charge in [0.1, 0.15) is 23.7 Å². The highest BCUT2D eigenvalue weighted by Gasteiger charge is 2.47. The predicted octanol–water partition coefficient (Wildman–Crippen LogP) is 3.96. The van der Waals surface area contributed by atoms with Crippen LogP contribution in [0.5, 0.6) is 0 Å². The number of nitrogens with one attached hydrogen (secondary N) is 2. The van der Waals surface area contributed by atoms with Gasteiger partial charge in [0.15, 0.2) is 0 Å². The number of aldehydes is 1. The SMILES string of the molecule is CNC(=O)C(CCC=O)N(C=O)C(=O)c1cc(N2CC(C#Cc3cnn(C4(C(=O)Nc5ccc(C(F)(F)F)cc5Cl)CCC4)c3)C2)ncc1C. The lowest BCUT2D eigenvalue weighted by Crippen LogP contribution is -2.51. The standard InChI is InChI=1S/C34H33ClF3N7O5/c1-21-15-40-29(14-25(21)31(49)44(20-47)28(5-3-12-46)30(48)39-2)43-17-23(18-43)7-6-22-16-41-45(19-22)33(10-4-11-33)32(50)42-27-9-8-24(13-26(27)35)34(36,37)38/h8-9,12-16,19-20,23,28H,3-5,10-11,17-18H2,1-2H3,(H,39,48)(H,42,50). The molecule has 1 saturated carbocycles. The molecule has 1 unspecified atom stereocenters. The molecule has 3 heterocycles. The summed E-state index contributed by atoms with van der Waals surface area (Å²) in [6.45, 7) is 2.67. The van der Waals surface area contributed by atoms with Crippen LogP contribution in [0.4, 0.5) is 24.7 Å². The van der Waals surface area contributed by atoms with Crippen LogP contribution >= 0.6 is 11.6 Å². The maximum absolute atomic E-state index is 13.4. The van der Waals surface area contributed by atoms with Crippen LogP contribution in [-0.4, -0.2) is 76.3 Å². The minimum absolute atomic E-state index is 0.00924. The summed E-state index contributed by atoms with van der Waals surface area (Å²) in [5, 5.41) is 9.23. The number of amides is 4. The van der Waals surface area contributed by atoms with Gasteiger partial charge in [-0.1, -0.05) is 23.4 Å². The Kier molecular flexibility index (Phi) is 10.6. The van der Waals surface area contributed by atoms with E-state index in [2.05, 4.69) is 32.6 Å². The summed E-state index contributed by atoms with van der Waals surface area (Å²) in [5.41, 5.74) is -0.601. The number of benzene rings is 1. The van der Waals surface area contributed by atoms with E-state index >= 15 is 0 Å². The number of carbonyl (C=O) groups excluding carboxylic acids is 5. The zero-order chi connectivity index (χ0) is 36.2. The first-order valence-electron chi connectivity index (χ1n) is 15.7. The molecule has 16 heteroatoms. The number of pyridine rings is 1. The molecule has 2 fully saturated rings. The number of nitrogens with zero attached hydrogens (tertiary/aromatic N) is 5. The molecule has 50 heavy (non-hydrogen) atoms. The van der Waals surface area contributed by atoms with Gasteiger partial charge in [-0.2, -0.15) is 18.3 Å². The third kappa shape index (κ3) is 7.35. The third-order valence-corrected chi connectivity index (χ3v) is 9.22. The second kappa shape index (κ2) is 14.7. The van der Waals surface area contributed by atoms with Crippen molar-refractivity contribution in [2.45, 2.75) is 56.8 Å². The van der Waals surface area contributed by atoms with Crippen LogP contribution in [-0.2, 0) is 30.9 Å². The van der Waals surface area contributed by atoms with E-state index in [1.165, 1.54) is 17.9 Å². The van der Waals surface area contributed by atoms with E-state index in [1.807, 2.05) is 4.90 Å². The summed E-state index contributed by atoms with van der Waals surface area (Å²) in [6, 6.07) is 3.17. The highest BCUT2D eigenvalue weighted by Crippen LogP contribution is 2.41. The van der Waals surface area contributed by atoms with Gasteiger partial charge in [-0.3, -0.25) is 28.8 Å². The van der Waals surface area contributed by atoms with Crippen molar-refractivity contribution in [3.8, 4) is 11.8 Å². The highest BCUT2D eigenvalue weighted by atomic mass is 35.5. The molecule has 1 aromatic carbocycles. The van der Waals surface area contributed by atoms with Crippen molar-refractivity contribution in [2.24, 2.45) is 5.92 Å². The Bertz CT molecular complexity index is 1880. The van der Waals surface area contributed by atoms with Gasteiger partial charge < -0.3 is 20.3 Å². The summed E-state index contributed by atoms with van der Waals surface area (Å²) in [4.78, 5) is 69.1. The fourth-order valence-corrected chi connectivity index (χ4v) is 6.00. The molecule has 1 saturated heterocycles. The molecule has 2 N–H and O–H groups in total. The summed E-state index contributed by atoms with van der Waals surface area (Å²) in [6.07, 6.45) is 2.76. The quantitative estimate of drug-likeness (QED) is 0.225. The molecule has 1 aliphatic carbocycles. The van der Waals surface area contributed by atoms with Crippen LogP contribution < -0.4 is 15.5 Å². The van der Waals surface area contributed by atoms with Crippen LogP contribution in [0, 0.1) is 24.7 Å². The summed E-state index contributed by atoms with van der Waals surface area (Å²) >= 11 is 6.05. The van der Waals surface area contributed by atoms with Crippen molar-refractivity contribution in [2.75, 3.05) is 30.4 Å². The van der Waals surface area contributed by atoms with E-state index < -0.39 is 41.0 Å². The lowest BCUT2D eigenvalue weighted by Gasteiger charge is -2.40. The van der Waals surface area contributed by atoms with Crippen molar-refractivity contribution in [1.29, 1.82) is 0 Å². The Balaban J connectivity index is 1.23. The zero-order valence-electron chi connectivity index (χ0n) is 27.1. The number of anilines is 2. The number of aryl methyl sites for hydroxylation is 1. The molecule has 12 nitrogen and oxygen atoms in total. The lowest BCUT2D eigenvalue weighted by molar-refractivity contribution is -0.137. The molecule has 0 radical (unpaired) electrons. The Morgan fingerprint density at radius 3 is 2.52 bits per heavy atom. The van der Waals surface area contributed by atoms with Crippen molar-refractivity contribution < 1.29 is 37.1 Å². The normalized spacial score (nSPS) is 15.8. The molecule has 1 atom stereocenters. The zero-order valence-corrected chi connectivity index (χ0v) is 27.8. The Labute approximate surface area is 290 Å². The van der Waals surface area contributed by atoms with E-state index in [0.29, 0.717) is 49.2 Å². The van der Waals surface area contributed by atoms with Crippen molar-refractivity contribution in [1.82, 2.24) is 25.0 Å². The lowest BCUT2D eigenvalue weighted by atomic mass is 9.76. The average Bonchev–Trinajstić information content (AvgIpc) is 3.51. The Morgan fingerprint density at radius 1 is 1.18 bits per heavy atom. The van der Waals surface area contributed by atoms with Gasteiger partial charge in [0.25, 0.3) is 11.8 Å². The first kappa shape index (κ1) is 36.1. The number of halogens is 4. The van der Waals surface area contributed by atoms with Crippen molar-refractivity contribution in [3.63, 3.8) is 0 Å². The molecular weight excluding hydrogens is 679 g/mol. The molecule has 0 spiro atoms. The van der Waals surface area contributed by atoms with E-state index in [1.54, 1.807) is 25.4 Å². The molecule has 5 rings (SSSR count). The number of imide groups is 1. The third-order valence-electron chi connectivity index (χ3n) is 8.91. The molecule has 3 aromatic rings. The van der Waals surface area contributed by atoms with Crippen molar-refractivity contribution in [3.05, 3.63) is 70.1 Å². The maximum atomic E-state index is 13.4. The second-order valence-electron chi connectivity index (χ2n) is 12.1. The first-order chi connectivity index (χ1) is 23.8. The molecule has 2 aromatic heterocycles. The highest BCUT2D eigenvalue weighted by molar-refractivity contribution is 6.33. The number of hydrogen-bond acceptors (Lipinski definition) is 8. The monoisotopic (exact) mass is 711 g/mol. The van der Waals surface area contributed by atoms with Gasteiger partial charge in [-0.25, -0.2) is 4.98 Å². The number of aromatic nitrogens is 3. The molecule has 4 amide bonds. The van der Waals surface area contributed by atoms with Crippen LogP contribution in [0.25, 0.3) is 0 Å². The van der Waals surface area contributed by atoms with Crippen LogP contribution in [0.3, 0.4) is 0 Å². The molecule has 0 bridgehead atoms. The predicted molar refractivity (Wildman–Crippen MR) is 176 cm³/mol. The number of hydrogen-bond donors (Lipinski definition) is 2. The van der Waals surface area contributed by atoms with Crippen LogP contribution in [0.1, 0.15) is 59.2 Å². The first-order valence-corrected chi connectivity index (χ1v) is 16.1. The van der Waals surface area contributed by atoms with Gasteiger partial charge >= 0.3 is 6.18 Å². The smallest absolute Gasteiger partial charge is 0.357 e. The fourth-order valence-electron chi connectivity index (χ4n) is 5.77. The molecule has 1 aliphatic heterocycles. The Morgan fingerprint density at radius 2 is 1.92 bits per heavy atom. The van der Waals surface area contributed by atoms with E-state index in [4.69, 9.17) is 11.6 Å². The number of rotatable bonds is 11. The van der Waals surface area contributed by atoms with Gasteiger partial charge in [-0.05, 0) is 62.4 Å². The fraction of sp³-hybridized carbons (Fsp3) is 0.382. The van der Waals surface area contributed by atoms with Crippen LogP contribution in [0.2, 0.25) is 5.02 Å². The van der Waals surface area contributed by atoms with Gasteiger partial charge in [0, 0.05) is 44.5 Å². The largest absolute Gasteiger partial charge is 0.416 e. The minimum Gasteiger partial charge on any atom is -0.357 e. The summed E-state index contributed by atoms with van der Waals surface area (Å²) in [5.74, 6) is 5.02. The van der Waals surface area contributed by atoms with Gasteiger partial charge in [0.05, 0.1) is 34.0 Å². The van der Waals surface area contributed by atoms with E-state index in [0.717, 1.165) is 29.5 Å². The van der Waals surface area contributed by atoms with E-state index in [-0.39, 0.29) is 41.4 Å². The van der Waals surface area contributed by atoms with Crippen LogP contribution in [0.15, 0.2) is 42.9 Å². The Hall–Kier alpha value is -5.23. The van der Waals surface area contributed by atoms with Gasteiger partial charge in [-0.15, -0.1) is 0 Å². The number of carbonyl (C=O) groups is 5. The minimum atomic E-state index is -4.56. The second-order valence-corrected chi connectivity index (χ2v) is 12.5. The average molecular weight is 712 g/mol. The number of likely N-dealkylation sites (N-methyl/N-ethyl adjacent to an activating group) is 1. The number of alkyl halides is 3. The maximum Gasteiger partial charge on any atom is 0.416 e. The molecule has 2 aliphatic rings. The topological polar surface area (TPSA) is 147 Å². The summed E-state index contributed by atoms with van der Waals surface area (Å²) < 4.78 is 40.6. The summed E-state index contributed by atoms with van der Waals surface area (Å²) in [7, 11) is 1.38. The molecular formula is C34H33ClF3N7O5. The van der Waals surface area contributed by atoms with Gasteiger partial charge in [0.2, 0.25) is 12.3 Å².